The number of anilines is 1. The van der Waals surface area contributed by atoms with Crippen molar-refractivity contribution in [3.8, 4) is 17.6 Å². The maximum Gasteiger partial charge on any atom is 0.266 e. The predicted octanol–water partition coefficient (Wildman–Crippen LogP) is 4.79. The van der Waals surface area contributed by atoms with Gasteiger partial charge in [0, 0.05) is 10.2 Å². The first kappa shape index (κ1) is 19.5. The smallest absolute Gasteiger partial charge is 0.266 e. The topological polar surface area (TPSA) is 71.3 Å². The van der Waals surface area contributed by atoms with Gasteiger partial charge < -0.3 is 14.8 Å². The lowest BCUT2D eigenvalue weighted by Crippen LogP contribution is -2.13. The number of nitriles is 1. The van der Waals surface area contributed by atoms with E-state index in [1.54, 1.807) is 30.3 Å². The first-order valence-electron chi connectivity index (χ1n) is 8.15. The van der Waals surface area contributed by atoms with Crippen molar-refractivity contribution in [2.24, 2.45) is 0 Å². The molecular weight excluding hydrogens is 396 g/mol. The lowest BCUT2D eigenvalue weighted by Gasteiger charge is -2.11. The number of ether oxygens (including phenoxy) is 2. The molecule has 0 unspecified atom stereocenters. The molecular formula is C20H19BrN2O3. The van der Waals surface area contributed by atoms with E-state index < -0.39 is 5.91 Å². The Morgan fingerprint density at radius 3 is 2.38 bits per heavy atom. The van der Waals surface area contributed by atoms with E-state index in [2.05, 4.69) is 21.2 Å². The molecule has 0 fully saturated rings. The van der Waals surface area contributed by atoms with E-state index >= 15 is 0 Å². The number of nitrogens with zero attached hydrogens (tertiary/aromatic N) is 1. The third-order valence-corrected chi connectivity index (χ3v) is 3.87. The monoisotopic (exact) mass is 414 g/mol. The predicted molar refractivity (Wildman–Crippen MR) is 105 cm³/mol. The molecule has 0 spiro atoms. The Hall–Kier alpha value is -2.78. The van der Waals surface area contributed by atoms with Crippen molar-refractivity contribution in [2.45, 2.75) is 13.8 Å². The highest BCUT2D eigenvalue weighted by Crippen LogP contribution is 2.29. The molecule has 0 aliphatic carbocycles. The Morgan fingerprint density at radius 1 is 1.12 bits per heavy atom. The number of amides is 1. The van der Waals surface area contributed by atoms with Crippen molar-refractivity contribution in [1.82, 2.24) is 0 Å². The van der Waals surface area contributed by atoms with Crippen molar-refractivity contribution in [3.05, 3.63) is 58.1 Å². The maximum atomic E-state index is 12.3. The van der Waals surface area contributed by atoms with E-state index in [4.69, 9.17) is 9.47 Å². The quantitative estimate of drug-likeness (QED) is 0.521. The fourth-order valence-electron chi connectivity index (χ4n) is 2.20. The standard InChI is InChI=1S/C20H19BrN2O3/c1-3-25-18-10-5-14(12-19(18)26-4-2)11-15(13-22)20(24)23-17-8-6-16(21)7-9-17/h5-12H,3-4H2,1-2H3,(H,23,24)/b15-11-. The van der Waals surface area contributed by atoms with E-state index in [1.165, 1.54) is 6.08 Å². The van der Waals surface area contributed by atoms with Gasteiger partial charge in [-0.2, -0.15) is 5.26 Å². The van der Waals surface area contributed by atoms with E-state index in [-0.39, 0.29) is 5.57 Å². The van der Waals surface area contributed by atoms with Crippen molar-refractivity contribution in [2.75, 3.05) is 18.5 Å². The van der Waals surface area contributed by atoms with Crippen molar-refractivity contribution >= 4 is 33.6 Å². The molecule has 2 rings (SSSR count). The Bertz CT molecular complexity index is 839. The number of carbonyl (C=O) groups is 1. The summed E-state index contributed by atoms with van der Waals surface area (Å²) in [6.45, 7) is 4.78. The van der Waals surface area contributed by atoms with Gasteiger partial charge in [-0.1, -0.05) is 22.0 Å². The number of hydrogen-bond acceptors (Lipinski definition) is 4. The second-order valence-corrected chi connectivity index (χ2v) is 6.12. The molecule has 5 nitrogen and oxygen atoms in total. The van der Waals surface area contributed by atoms with Crippen molar-refractivity contribution in [3.63, 3.8) is 0 Å². The minimum absolute atomic E-state index is 0.000438. The van der Waals surface area contributed by atoms with Crippen LogP contribution in [0.4, 0.5) is 5.69 Å². The minimum Gasteiger partial charge on any atom is -0.490 e. The summed E-state index contributed by atoms with van der Waals surface area (Å²) < 4.78 is 12.0. The van der Waals surface area contributed by atoms with Gasteiger partial charge in [-0.05, 0) is 61.9 Å². The molecule has 0 saturated heterocycles. The summed E-state index contributed by atoms with van der Waals surface area (Å²) in [5, 5.41) is 12.1. The van der Waals surface area contributed by atoms with Gasteiger partial charge in [0.2, 0.25) is 0 Å². The van der Waals surface area contributed by atoms with Crippen LogP contribution in [-0.2, 0) is 4.79 Å². The van der Waals surface area contributed by atoms with Crippen LogP contribution < -0.4 is 14.8 Å². The van der Waals surface area contributed by atoms with Gasteiger partial charge in [0.25, 0.3) is 5.91 Å². The molecule has 0 aliphatic heterocycles. The normalized spacial score (nSPS) is 10.8. The van der Waals surface area contributed by atoms with Crippen LogP contribution in [0, 0.1) is 11.3 Å². The van der Waals surface area contributed by atoms with Gasteiger partial charge in [0.05, 0.1) is 13.2 Å². The molecule has 0 aliphatic rings. The fourth-order valence-corrected chi connectivity index (χ4v) is 2.47. The van der Waals surface area contributed by atoms with E-state index in [0.717, 1.165) is 4.47 Å². The summed E-state index contributed by atoms with van der Waals surface area (Å²) in [6.07, 6.45) is 1.52. The zero-order chi connectivity index (χ0) is 18.9. The van der Waals surface area contributed by atoms with Gasteiger partial charge >= 0.3 is 0 Å². The lowest BCUT2D eigenvalue weighted by molar-refractivity contribution is -0.112. The van der Waals surface area contributed by atoms with Crippen LogP contribution in [0.1, 0.15) is 19.4 Å². The second-order valence-electron chi connectivity index (χ2n) is 5.20. The summed E-state index contributed by atoms with van der Waals surface area (Å²) in [5.41, 5.74) is 1.29. The molecule has 2 aromatic carbocycles. The summed E-state index contributed by atoms with van der Waals surface area (Å²) >= 11 is 3.34. The third-order valence-electron chi connectivity index (χ3n) is 3.35. The Morgan fingerprint density at radius 2 is 1.77 bits per heavy atom. The van der Waals surface area contributed by atoms with Gasteiger partial charge in [-0.15, -0.1) is 0 Å². The van der Waals surface area contributed by atoms with Crippen LogP contribution in [0.2, 0.25) is 0 Å². The summed E-state index contributed by atoms with van der Waals surface area (Å²) in [5.74, 6) is 0.736. The third kappa shape index (κ3) is 5.36. The highest BCUT2D eigenvalue weighted by Gasteiger charge is 2.11. The summed E-state index contributed by atoms with van der Waals surface area (Å²) in [6, 6.07) is 14.4. The molecule has 134 valence electrons. The zero-order valence-electron chi connectivity index (χ0n) is 14.6. The number of nitrogens with one attached hydrogen (secondary N) is 1. The second kappa shape index (κ2) is 9.64. The molecule has 0 saturated carbocycles. The largest absolute Gasteiger partial charge is 0.490 e. The van der Waals surface area contributed by atoms with Crippen molar-refractivity contribution in [1.29, 1.82) is 5.26 Å². The first-order valence-corrected chi connectivity index (χ1v) is 8.95. The molecule has 6 heteroatoms. The highest BCUT2D eigenvalue weighted by atomic mass is 79.9. The number of rotatable bonds is 7. The van der Waals surface area contributed by atoms with E-state index in [1.807, 2.05) is 32.0 Å². The van der Waals surface area contributed by atoms with Crippen LogP contribution in [0.25, 0.3) is 6.08 Å². The molecule has 26 heavy (non-hydrogen) atoms. The summed E-state index contributed by atoms with van der Waals surface area (Å²) in [7, 11) is 0. The van der Waals surface area contributed by atoms with Gasteiger partial charge in [0.1, 0.15) is 11.6 Å². The van der Waals surface area contributed by atoms with Gasteiger partial charge in [-0.3, -0.25) is 4.79 Å². The lowest BCUT2D eigenvalue weighted by atomic mass is 10.1. The van der Waals surface area contributed by atoms with Gasteiger partial charge in [0.15, 0.2) is 11.5 Å². The highest BCUT2D eigenvalue weighted by molar-refractivity contribution is 9.10. The van der Waals surface area contributed by atoms with E-state index in [9.17, 15) is 10.1 Å². The van der Waals surface area contributed by atoms with Crippen LogP contribution in [0.15, 0.2) is 52.5 Å². The Kier molecular flexibility index (Phi) is 7.24. The SMILES string of the molecule is CCOc1ccc(/C=C(/C#N)C(=O)Nc2ccc(Br)cc2)cc1OCC. The first-order chi connectivity index (χ1) is 12.6. The molecule has 0 aromatic heterocycles. The molecule has 0 radical (unpaired) electrons. The maximum absolute atomic E-state index is 12.3. The van der Waals surface area contributed by atoms with Crippen LogP contribution in [0.3, 0.4) is 0 Å². The number of hydrogen-bond donors (Lipinski definition) is 1. The van der Waals surface area contributed by atoms with Crippen LogP contribution in [0.5, 0.6) is 11.5 Å². The molecule has 0 bridgehead atoms. The van der Waals surface area contributed by atoms with E-state index in [0.29, 0.717) is 36.0 Å². The van der Waals surface area contributed by atoms with Crippen molar-refractivity contribution < 1.29 is 14.3 Å². The number of benzene rings is 2. The average molecular weight is 415 g/mol. The molecule has 1 N–H and O–H groups in total. The molecule has 0 heterocycles. The Balaban J connectivity index is 2.24. The van der Waals surface area contributed by atoms with Crippen LogP contribution in [-0.4, -0.2) is 19.1 Å². The summed E-state index contributed by atoms with van der Waals surface area (Å²) in [4.78, 5) is 12.3. The Labute approximate surface area is 161 Å². The number of halogens is 1. The zero-order valence-corrected chi connectivity index (χ0v) is 16.2. The molecule has 1 amide bonds. The number of carbonyl (C=O) groups excluding carboxylic acids is 1. The fraction of sp³-hybridized carbons (Fsp3) is 0.200. The van der Waals surface area contributed by atoms with Crippen LogP contribution >= 0.6 is 15.9 Å². The minimum atomic E-state index is -0.471. The van der Waals surface area contributed by atoms with Gasteiger partial charge in [-0.25, -0.2) is 0 Å². The molecule has 2 aromatic rings. The molecule has 0 atom stereocenters. The average Bonchev–Trinajstić information content (AvgIpc) is 2.64.